The number of halogens is 3. The molecule has 3 amide bonds. The average Bonchev–Trinajstić information content (AvgIpc) is 3.49. The standard InChI is InChI=1S/C24H19F3N6O2/c25-24(26,27)14-2-1-3-17(10-14)32-23(35)31-16-6-4-13(5-7-16)18-11-28-21(20-19(18)12-29-33-20)22(34)30-15-8-9-15/h1-7,10-12,15H,8-9H2,(H,29,33)(H,30,34)(H2,31,32,35). The second-order valence-electron chi connectivity index (χ2n) is 8.16. The number of rotatable bonds is 5. The van der Waals surface area contributed by atoms with Crippen molar-refractivity contribution in [2.45, 2.75) is 25.1 Å². The number of carbonyl (C=O) groups excluding carboxylic acids is 2. The van der Waals surface area contributed by atoms with E-state index in [0.717, 1.165) is 41.5 Å². The van der Waals surface area contributed by atoms with E-state index < -0.39 is 17.8 Å². The highest BCUT2D eigenvalue weighted by Crippen LogP contribution is 2.31. The van der Waals surface area contributed by atoms with Crippen LogP contribution in [0.25, 0.3) is 22.0 Å². The molecule has 0 radical (unpaired) electrons. The lowest BCUT2D eigenvalue weighted by molar-refractivity contribution is -0.137. The molecule has 1 aliphatic rings. The Balaban J connectivity index is 1.30. The zero-order valence-corrected chi connectivity index (χ0v) is 18.1. The van der Waals surface area contributed by atoms with Crippen LogP contribution in [0.2, 0.25) is 0 Å². The third-order valence-corrected chi connectivity index (χ3v) is 5.52. The highest BCUT2D eigenvalue weighted by atomic mass is 19.4. The molecule has 0 bridgehead atoms. The number of hydrogen-bond acceptors (Lipinski definition) is 4. The third-order valence-electron chi connectivity index (χ3n) is 5.52. The van der Waals surface area contributed by atoms with Crippen molar-refractivity contribution in [3.05, 3.63) is 72.2 Å². The van der Waals surface area contributed by atoms with Crippen LogP contribution < -0.4 is 16.0 Å². The van der Waals surface area contributed by atoms with Crippen molar-refractivity contribution in [3.8, 4) is 11.1 Å². The highest BCUT2D eigenvalue weighted by Gasteiger charge is 2.30. The Morgan fingerprint density at radius 2 is 1.71 bits per heavy atom. The summed E-state index contributed by atoms with van der Waals surface area (Å²) in [4.78, 5) is 29.1. The van der Waals surface area contributed by atoms with Crippen molar-refractivity contribution in [1.29, 1.82) is 0 Å². The summed E-state index contributed by atoms with van der Waals surface area (Å²) in [5.41, 5.74) is 1.94. The molecule has 0 aliphatic heterocycles. The Kier molecular flexibility index (Phi) is 5.59. The summed E-state index contributed by atoms with van der Waals surface area (Å²) in [5, 5.41) is 15.5. The normalized spacial score (nSPS) is 13.5. The molecule has 1 aliphatic carbocycles. The van der Waals surface area contributed by atoms with E-state index in [1.807, 2.05) is 0 Å². The minimum atomic E-state index is -4.50. The number of amides is 3. The minimum absolute atomic E-state index is 0.0215. The number of aromatic nitrogens is 3. The van der Waals surface area contributed by atoms with Crippen molar-refractivity contribution >= 4 is 34.2 Å². The third kappa shape index (κ3) is 4.93. The number of urea groups is 1. The van der Waals surface area contributed by atoms with Crippen molar-refractivity contribution in [2.75, 3.05) is 10.6 Å². The largest absolute Gasteiger partial charge is 0.416 e. The average molecular weight is 480 g/mol. The van der Waals surface area contributed by atoms with E-state index in [-0.39, 0.29) is 23.3 Å². The van der Waals surface area contributed by atoms with E-state index in [1.54, 1.807) is 36.7 Å². The lowest BCUT2D eigenvalue weighted by atomic mass is 10.0. The second kappa shape index (κ2) is 8.75. The molecule has 1 fully saturated rings. The van der Waals surface area contributed by atoms with Crippen LogP contribution in [0.3, 0.4) is 0 Å². The van der Waals surface area contributed by atoms with Crippen LogP contribution in [0.15, 0.2) is 60.9 Å². The summed E-state index contributed by atoms with van der Waals surface area (Å²) < 4.78 is 38.6. The van der Waals surface area contributed by atoms with Gasteiger partial charge in [-0.3, -0.25) is 9.89 Å². The maximum absolute atomic E-state index is 12.9. The molecule has 4 N–H and O–H groups in total. The van der Waals surface area contributed by atoms with Gasteiger partial charge in [0.1, 0.15) is 0 Å². The Bertz CT molecular complexity index is 1410. The molecule has 0 spiro atoms. The van der Waals surface area contributed by atoms with Gasteiger partial charge in [-0.15, -0.1) is 0 Å². The fourth-order valence-corrected chi connectivity index (χ4v) is 3.62. The lowest BCUT2D eigenvalue weighted by Crippen LogP contribution is -2.26. The van der Waals surface area contributed by atoms with Gasteiger partial charge in [0.05, 0.1) is 17.3 Å². The molecule has 11 heteroatoms. The number of anilines is 2. The summed E-state index contributed by atoms with van der Waals surface area (Å²) in [6.07, 6.45) is 0.651. The molecule has 2 heterocycles. The molecule has 4 aromatic rings. The molecule has 1 saturated carbocycles. The fourth-order valence-electron chi connectivity index (χ4n) is 3.62. The lowest BCUT2D eigenvalue weighted by Gasteiger charge is -2.11. The van der Waals surface area contributed by atoms with Crippen molar-refractivity contribution in [2.24, 2.45) is 0 Å². The van der Waals surface area contributed by atoms with Crippen molar-refractivity contribution in [3.63, 3.8) is 0 Å². The Hall–Kier alpha value is -4.41. The zero-order chi connectivity index (χ0) is 24.6. The highest BCUT2D eigenvalue weighted by molar-refractivity contribution is 6.07. The first kappa shape index (κ1) is 22.4. The van der Waals surface area contributed by atoms with Gasteiger partial charge in [0.2, 0.25) is 0 Å². The fraction of sp³-hybridized carbons (Fsp3) is 0.167. The van der Waals surface area contributed by atoms with Crippen LogP contribution in [0.5, 0.6) is 0 Å². The minimum Gasteiger partial charge on any atom is -0.348 e. The molecule has 0 atom stereocenters. The zero-order valence-electron chi connectivity index (χ0n) is 18.1. The quantitative estimate of drug-likeness (QED) is 0.315. The van der Waals surface area contributed by atoms with Crippen LogP contribution in [0.4, 0.5) is 29.3 Å². The monoisotopic (exact) mass is 480 g/mol. The van der Waals surface area contributed by atoms with E-state index in [1.165, 1.54) is 12.1 Å². The van der Waals surface area contributed by atoms with E-state index in [4.69, 9.17) is 0 Å². The number of H-pyrrole nitrogens is 1. The van der Waals surface area contributed by atoms with Gasteiger partial charge in [-0.05, 0) is 48.7 Å². The predicted molar refractivity (Wildman–Crippen MR) is 124 cm³/mol. The van der Waals surface area contributed by atoms with E-state index in [0.29, 0.717) is 11.2 Å². The summed E-state index contributed by atoms with van der Waals surface area (Å²) in [6, 6.07) is 10.7. The predicted octanol–water partition coefficient (Wildman–Crippen LogP) is 5.18. The number of fused-ring (bicyclic) bond motifs is 1. The van der Waals surface area contributed by atoms with Gasteiger partial charge < -0.3 is 16.0 Å². The summed E-state index contributed by atoms with van der Waals surface area (Å²) >= 11 is 0. The number of nitrogens with zero attached hydrogens (tertiary/aromatic N) is 2. The number of pyridine rings is 1. The number of benzene rings is 2. The first-order chi connectivity index (χ1) is 16.8. The molecule has 0 saturated heterocycles. The molecule has 2 aromatic heterocycles. The van der Waals surface area contributed by atoms with Gasteiger partial charge in [0, 0.05) is 34.6 Å². The van der Waals surface area contributed by atoms with Crippen molar-refractivity contribution < 1.29 is 22.8 Å². The van der Waals surface area contributed by atoms with Gasteiger partial charge in [-0.2, -0.15) is 18.3 Å². The number of nitrogens with one attached hydrogen (secondary N) is 4. The molecule has 5 rings (SSSR count). The van der Waals surface area contributed by atoms with Gasteiger partial charge in [0.15, 0.2) is 5.69 Å². The number of carbonyl (C=O) groups is 2. The van der Waals surface area contributed by atoms with Crippen LogP contribution in [0, 0.1) is 0 Å². The molecular formula is C24H19F3N6O2. The molecule has 0 unspecified atom stereocenters. The van der Waals surface area contributed by atoms with E-state index >= 15 is 0 Å². The Labute approximate surface area is 196 Å². The Morgan fingerprint density at radius 1 is 0.971 bits per heavy atom. The topological polar surface area (TPSA) is 112 Å². The summed E-state index contributed by atoms with van der Waals surface area (Å²) in [6.45, 7) is 0. The molecule has 2 aromatic carbocycles. The number of hydrogen-bond donors (Lipinski definition) is 4. The van der Waals surface area contributed by atoms with Gasteiger partial charge in [0.25, 0.3) is 5.91 Å². The van der Waals surface area contributed by atoms with Crippen LogP contribution in [-0.4, -0.2) is 33.2 Å². The van der Waals surface area contributed by atoms with Crippen molar-refractivity contribution in [1.82, 2.24) is 20.5 Å². The smallest absolute Gasteiger partial charge is 0.348 e. The SMILES string of the molecule is O=C(Nc1ccc(-c2cnc(C(=O)NC3CC3)c3[nH]ncc23)cc1)Nc1cccc(C(F)(F)F)c1. The number of aromatic amines is 1. The van der Waals surface area contributed by atoms with Gasteiger partial charge in [-0.1, -0.05) is 18.2 Å². The molecular weight excluding hydrogens is 461 g/mol. The second-order valence-corrected chi connectivity index (χ2v) is 8.16. The summed E-state index contributed by atoms with van der Waals surface area (Å²) in [7, 11) is 0. The molecule has 35 heavy (non-hydrogen) atoms. The van der Waals surface area contributed by atoms with Gasteiger partial charge >= 0.3 is 12.2 Å². The molecule has 178 valence electrons. The first-order valence-electron chi connectivity index (χ1n) is 10.8. The van der Waals surface area contributed by atoms with Gasteiger partial charge in [-0.25, -0.2) is 9.78 Å². The van der Waals surface area contributed by atoms with E-state index in [9.17, 15) is 22.8 Å². The number of alkyl halides is 3. The Morgan fingerprint density at radius 3 is 2.43 bits per heavy atom. The summed E-state index contributed by atoms with van der Waals surface area (Å²) in [5.74, 6) is -0.250. The van der Waals surface area contributed by atoms with Crippen LogP contribution in [0.1, 0.15) is 28.9 Å². The van der Waals surface area contributed by atoms with E-state index in [2.05, 4.69) is 31.1 Å². The van der Waals surface area contributed by atoms with Crippen LogP contribution >= 0.6 is 0 Å². The first-order valence-corrected chi connectivity index (χ1v) is 10.8. The molecule has 8 nitrogen and oxygen atoms in total. The van der Waals surface area contributed by atoms with Crippen LogP contribution in [-0.2, 0) is 6.18 Å². The maximum atomic E-state index is 12.9. The maximum Gasteiger partial charge on any atom is 0.416 e.